The number of benzene rings is 2. The van der Waals surface area contributed by atoms with Gasteiger partial charge in [-0.15, -0.1) is 0 Å². The lowest BCUT2D eigenvalue weighted by atomic mass is 10.1. The van der Waals surface area contributed by atoms with Crippen molar-refractivity contribution in [2.75, 3.05) is 0 Å². The Bertz CT molecular complexity index is 644. The molecular weight excluding hydrogens is 335 g/mol. The molecule has 0 radical (unpaired) electrons. The summed E-state index contributed by atoms with van der Waals surface area (Å²) in [4.78, 5) is 11.7. The van der Waals surface area contributed by atoms with Crippen LogP contribution in [-0.4, -0.2) is 5.91 Å². The monoisotopic (exact) mass is 343 g/mol. The van der Waals surface area contributed by atoms with Crippen LogP contribution in [0.5, 0.6) is 0 Å². The first-order valence-electron chi connectivity index (χ1n) is 5.65. The van der Waals surface area contributed by atoms with Gasteiger partial charge in [0.25, 0.3) is 5.91 Å². The number of hydrogen-bond donors (Lipinski definition) is 1. The van der Waals surface area contributed by atoms with E-state index in [2.05, 4.69) is 21.2 Å². The molecule has 6 heteroatoms. The van der Waals surface area contributed by atoms with Crippen molar-refractivity contribution in [2.24, 2.45) is 0 Å². The second-order valence-electron chi connectivity index (χ2n) is 4.03. The summed E-state index contributed by atoms with van der Waals surface area (Å²) in [5.41, 5.74) is 0.269. The smallest absolute Gasteiger partial charge is 0.254 e. The molecule has 2 aromatic carbocycles. The molecule has 0 heterocycles. The molecule has 0 aliphatic heterocycles. The van der Waals surface area contributed by atoms with Crippen LogP contribution in [0.2, 0.25) is 0 Å². The second-order valence-corrected chi connectivity index (χ2v) is 4.95. The zero-order valence-corrected chi connectivity index (χ0v) is 11.7. The summed E-state index contributed by atoms with van der Waals surface area (Å²) in [5.74, 6) is -5.27. The summed E-state index contributed by atoms with van der Waals surface area (Å²) < 4.78 is 40.1. The van der Waals surface area contributed by atoms with E-state index in [4.69, 9.17) is 0 Å². The van der Waals surface area contributed by atoms with Crippen molar-refractivity contribution in [3.63, 3.8) is 0 Å². The highest BCUT2D eigenvalue weighted by atomic mass is 79.9. The number of carbonyl (C=O) groups is 1. The van der Waals surface area contributed by atoms with Crippen molar-refractivity contribution >= 4 is 21.8 Å². The van der Waals surface area contributed by atoms with E-state index in [1.165, 1.54) is 0 Å². The Morgan fingerprint density at radius 1 is 1.00 bits per heavy atom. The maximum absolute atomic E-state index is 13.4. The second kappa shape index (κ2) is 6.09. The minimum Gasteiger partial charge on any atom is -0.348 e. The molecule has 2 rings (SSSR count). The van der Waals surface area contributed by atoms with Crippen LogP contribution in [0.3, 0.4) is 0 Å². The first-order chi connectivity index (χ1) is 9.49. The molecule has 0 saturated heterocycles. The fraction of sp³-hybridized carbons (Fsp3) is 0.0714. The number of hydrogen-bond acceptors (Lipinski definition) is 1. The summed E-state index contributed by atoms with van der Waals surface area (Å²) in [7, 11) is 0. The quantitative estimate of drug-likeness (QED) is 0.844. The zero-order chi connectivity index (χ0) is 14.7. The fourth-order valence-corrected chi connectivity index (χ4v) is 1.85. The van der Waals surface area contributed by atoms with Gasteiger partial charge in [-0.05, 0) is 29.8 Å². The third kappa shape index (κ3) is 3.19. The van der Waals surface area contributed by atoms with Crippen molar-refractivity contribution in [1.82, 2.24) is 5.32 Å². The molecule has 1 N–H and O–H groups in total. The average molecular weight is 344 g/mol. The van der Waals surface area contributed by atoms with Gasteiger partial charge in [0.15, 0.2) is 17.5 Å². The van der Waals surface area contributed by atoms with Crippen LogP contribution in [0.4, 0.5) is 13.2 Å². The molecule has 0 fully saturated rings. The van der Waals surface area contributed by atoms with Crippen molar-refractivity contribution in [3.05, 3.63) is 69.4 Å². The Balaban J connectivity index is 2.09. The van der Waals surface area contributed by atoms with E-state index in [-0.39, 0.29) is 6.54 Å². The first-order valence-corrected chi connectivity index (χ1v) is 6.44. The van der Waals surface area contributed by atoms with Crippen LogP contribution < -0.4 is 5.32 Å². The molecule has 1 amide bonds. The SMILES string of the molecule is O=C(NCc1ccc(Br)cc1)c1ccc(F)c(F)c1F. The van der Waals surface area contributed by atoms with Crippen LogP contribution >= 0.6 is 15.9 Å². The Morgan fingerprint density at radius 3 is 2.30 bits per heavy atom. The maximum atomic E-state index is 13.4. The number of nitrogens with one attached hydrogen (secondary N) is 1. The highest BCUT2D eigenvalue weighted by molar-refractivity contribution is 9.10. The van der Waals surface area contributed by atoms with Crippen LogP contribution in [0.15, 0.2) is 40.9 Å². The molecule has 0 aliphatic rings. The third-order valence-corrected chi connectivity index (χ3v) is 3.17. The van der Waals surface area contributed by atoms with Gasteiger partial charge in [0.2, 0.25) is 0 Å². The van der Waals surface area contributed by atoms with Gasteiger partial charge >= 0.3 is 0 Å². The number of carbonyl (C=O) groups excluding carboxylic acids is 1. The molecule has 0 bridgehead atoms. The normalized spacial score (nSPS) is 10.4. The highest BCUT2D eigenvalue weighted by Crippen LogP contribution is 2.15. The maximum Gasteiger partial charge on any atom is 0.254 e. The lowest BCUT2D eigenvalue weighted by molar-refractivity contribution is 0.0945. The Labute approximate surface area is 121 Å². The van der Waals surface area contributed by atoms with Crippen molar-refractivity contribution in [2.45, 2.75) is 6.54 Å². The van der Waals surface area contributed by atoms with Gasteiger partial charge in [-0.25, -0.2) is 13.2 Å². The standard InChI is InChI=1S/C14H9BrF3NO/c15-9-3-1-8(2-4-9)7-19-14(20)10-5-6-11(16)13(18)12(10)17/h1-6H,7H2,(H,19,20). The molecule has 2 nitrogen and oxygen atoms in total. The fourth-order valence-electron chi connectivity index (χ4n) is 1.58. The van der Waals surface area contributed by atoms with Gasteiger partial charge in [-0.3, -0.25) is 4.79 Å². The molecule has 104 valence electrons. The minimum absolute atomic E-state index is 0.157. The Morgan fingerprint density at radius 2 is 1.65 bits per heavy atom. The van der Waals surface area contributed by atoms with E-state index >= 15 is 0 Å². The molecular formula is C14H9BrF3NO. The van der Waals surface area contributed by atoms with E-state index in [0.717, 1.165) is 16.1 Å². The van der Waals surface area contributed by atoms with Gasteiger partial charge in [0.05, 0.1) is 5.56 Å². The van der Waals surface area contributed by atoms with E-state index < -0.39 is 28.9 Å². The summed E-state index contributed by atoms with van der Waals surface area (Å²) in [5, 5.41) is 2.44. The van der Waals surface area contributed by atoms with Crippen molar-refractivity contribution in [3.8, 4) is 0 Å². The molecule has 0 atom stereocenters. The Kier molecular flexibility index (Phi) is 4.44. The molecule has 0 saturated carbocycles. The third-order valence-electron chi connectivity index (χ3n) is 2.65. The molecule has 0 aromatic heterocycles. The minimum atomic E-state index is -1.65. The van der Waals surface area contributed by atoms with Crippen LogP contribution in [0, 0.1) is 17.5 Å². The van der Waals surface area contributed by atoms with Gasteiger partial charge in [-0.2, -0.15) is 0 Å². The van der Waals surface area contributed by atoms with Crippen molar-refractivity contribution < 1.29 is 18.0 Å². The van der Waals surface area contributed by atoms with Gasteiger partial charge < -0.3 is 5.32 Å². The first kappa shape index (κ1) is 14.6. The van der Waals surface area contributed by atoms with Gasteiger partial charge in [0, 0.05) is 11.0 Å². The summed E-state index contributed by atoms with van der Waals surface area (Å²) in [6.07, 6.45) is 0. The van der Waals surface area contributed by atoms with Crippen LogP contribution in [0.25, 0.3) is 0 Å². The number of halogens is 4. The van der Waals surface area contributed by atoms with E-state index in [0.29, 0.717) is 6.07 Å². The van der Waals surface area contributed by atoms with Crippen LogP contribution in [-0.2, 0) is 6.54 Å². The lowest BCUT2D eigenvalue weighted by Crippen LogP contribution is -2.24. The molecule has 0 aliphatic carbocycles. The number of amides is 1. The van der Waals surface area contributed by atoms with E-state index in [9.17, 15) is 18.0 Å². The summed E-state index contributed by atoms with van der Waals surface area (Å²) in [6, 6.07) is 8.74. The van der Waals surface area contributed by atoms with E-state index in [1.54, 1.807) is 24.3 Å². The van der Waals surface area contributed by atoms with E-state index in [1.807, 2.05) is 0 Å². The van der Waals surface area contributed by atoms with Gasteiger partial charge in [-0.1, -0.05) is 28.1 Å². The number of rotatable bonds is 3. The van der Waals surface area contributed by atoms with Crippen LogP contribution in [0.1, 0.15) is 15.9 Å². The molecule has 2 aromatic rings. The largest absolute Gasteiger partial charge is 0.348 e. The zero-order valence-electron chi connectivity index (χ0n) is 10.1. The van der Waals surface area contributed by atoms with Gasteiger partial charge in [0.1, 0.15) is 0 Å². The predicted molar refractivity (Wildman–Crippen MR) is 71.6 cm³/mol. The average Bonchev–Trinajstić information content (AvgIpc) is 2.44. The molecule has 0 spiro atoms. The summed E-state index contributed by atoms with van der Waals surface area (Å²) in [6.45, 7) is 0.157. The molecule has 0 unspecified atom stereocenters. The molecule has 20 heavy (non-hydrogen) atoms. The summed E-state index contributed by atoms with van der Waals surface area (Å²) >= 11 is 3.27. The predicted octanol–water partition coefficient (Wildman–Crippen LogP) is 3.80. The Hall–Kier alpha value is -1.82. The highest BCUT2D eigenvalue weighted by Gasteiger charge is 2.18. The topological polar surface area (TPSA) is 29.1 Å². The lowest BCUT2D eigenvalue weighted by Gasteiger charge is -2.07. The van der Waals surface area contributed by atoms with Crippen molar-refractivity contribution in [1.29, 1.82) is 0 Å².